The van der Waals surface area contributed by atoms with Crippen LogP contribution < -0.4 is 33.2 Å². The number of aliphatic imine (C=N–C) groups is 1. The summed E-state index contributed by atoms with van der Waals surface area (Å²) in [6.45, 7) is 1.21. The van der Waals surface area contributed by atoms with Gasteiger partial charge in [-0.2, -0.15) is 0 Å². The molecule has 1 heterocycles. The van der Waals surface area contributed by atoms with Gasteiger partial charge in [0.15, 0.2) is 5.96 Å². The molecule has 31 heavy (non-hydrogen) atoms. The molecule has 0 aliphatic carbocycles. The van der Waals surface area contributed by atoms with E-state index in [-0.39, 0.29) is 25.3 Å². The lowest BCUT2D eigenvalue weighted by Crippen LogP contribution is -2.52. The largest absolute Gasteiger partial charge is 0.480 e. The number of guanidine groups is 1. The summed E-state index contributed by atoms with van der Waals surface area (Å²) in [4.78, 5) is 57.8. The number of rotatable bonds is 13. The molecule has 0 saturated carbocycles. The number of hydrogen-bond donors (Lipinski definition) is 8. The van der Waals surface area contributed by atoms with Crippen molar-refractivity contribution in [2.75, 3.05) is 13.1 Å². The zero-order valence-corrected chi connectivity index (χ0v) is 17.1. The molecular formula is C17H29N9O5. The van der Waals surface area contributed by atoms with Crippen molar-refractivity contribution in [3.63, 3.8) is 0 Å². The topological polar surface area (TPSA) is 244 Å². The lowest BCUT2D eigenvalue weighted by atomic mass is 10.1. The summed E-state index contributed by atoms with van der Waals surface area (Å²) in [6, 6.07) is -3.08. The van der Waals surface area contributed by atoms with Crippen LogP contribution in [0.3, 0.4) is 0 Å². The highest BCUT2D eigenvalue weighted by molar-refractivity contribution is 5.92. The first kappa shape index (κ1) is 25.4. The van der Waals surface area contributed by atoms with Gasteiger partial charge in [0.1, 0.15) is 12.1 Å². The van der Waals surface area contributed by atoms with Crippen LogP contribution in [0.1, 0.15) is 25.5 Å². The Kier molecular flexibility index (Phi) is 10.5. The third kappa shape index (κ3) is 10.1. The third-order valence-corrected chi connectivity index (χ3v) is 4.09. The maximum absolute atomic E-state index is 12.2. The molecule has 3 amide bonds. The number of amides is 3. The number of nitrogens with zero attached hydrogens (tertiary/aromatic N) is 2. The summed E-state index contributed by atoms with van der Waals surface area (Å²) < 4.78 is 0. The van der Waals surface area contributed by atoms with Crippen molar-refractivity contribution < 1.29 is 24.3 Å². The Morgan fingerprint density at radius 3 is 2.52 bits per heavy atom. The molecule has 0 fully saturated rings. The Hall–Kier alpha value is -3.68. The molecule has 172 valence electrons. The maximum Gasteiger partial charge on any atom is 0.326 e. The van der Waals surface area contributed by atoms with Crippen LogP contribution >= 0.6 is 0 Å². The highest BCUT2D eigenvalue weighted by Gasteiger charge is 2.24. The average Bonchev–Trinajstić information content (AvgIpc) is 3.20. The smallest absolute Gasteiger partial charge is 0.326 e. The van der Waals surface area contributed by atoms with Crippen LogP contribution in [-0.4, -0.2) is 75.9 Å². The van der Waals surface area contributed by atoms with E-state index in [0.717, 1.165) is 0 Å². The van der Waals surface area contributed by atoms with Gasteiger partial charge in [-0.05, 0) is 19.8 Å². The van der Waals surface area contributed by atoms with E-state index >= 15 is 0 Å². The van der Waals surface area contributed by atoms with Crippen LogP contribution in [-0.2, 0) is 25.6 Å². The van der Waals surface area contributed by atoms with Gasteiger partial charge in [-0.15, -0.1) is 0 Å². The molecule has 1 aromatic heterocycles. The van der Waals surface area contributed by atoms with E-state index in [0.29, 0.717) is 12.1 Å². The van der Waals surface area contributed by atoms with Crippen molar-refractivity contribution >= 4 is 29.7 Å². The fourth-order valence-corrected chi connectivity index (χ4v) is 2.44. The first-order chi connectivity index (χ1) is 14.6. The van der Waals surface area contributed by atoms with Crippen LogP contribution in [0, 0.1) is 0 Å². The molecule has 0 aliphatic heterocycles. The number of carboxylic acid groups (broad SMARTS) is 1. The molecular weight excluding hydrogens is 410 g/mol. The van der Waals surface area contributed by atoms with Crippen molar-refractivity contribution in [2.24, 2.45) is 22.2 Å². The minimum atomic E-state index is -1.23. The summed E-state index contributed by atoms with van der Waals surface area (Å²) in [7, 11) is 0. The quantitative estimate of drug-likeness (QED) is 0.0862. The van der Waals surface area contributed by atoms with Gasteiger partial charge < -0.3 is 43.2 Å². The Balaban J connectivity index is 2.40. The second-order valence-corrected chi connectivity index (χ2v) is 6.74. The number of imidazole rings is 1. The summed E-state index contributed by atoms with van der Waals surface area (Å²) in [5.74, 6) is -3.21. The van der Waals surface area contributed by atoms with Gasteiger partial charge >= 0.3 is 5.97 Å². The van der Waals surface area contributed by atoms with E-state index in [4.69, 9.17) is 17.2 Å². The summed E-state index contributed by atoms with van der Waals surface area (Å²) in [6.07, 6.45) is 3.64. The molecule has 0 saturated heterocycles. The Labute approximate surface area is 178 Å². The number of carboxylic acids is 1. The molecule has 0 aromatic carbocycles. The number of aromatic amines is 1. The Morgan fingerprint density at radius 2 is 1.94 bits per heavy atom. The number of nitrogens with two attached hydrogens (primary N) is 3. The first-order valence-corrected chi connectivity index (χ1v) is 9.48. The Bertz CT molecular complexity index is 777. The van der Waals surface area contributed by atoms with E-state index in [1.807, 2.05) is 0 Å². The number of aliphatic carboxylic acids is 1. The maximum atomic E-state index is 12.2. The summed E-state index contributed by atoms with van der Waals surface area (Å²) in [5.41, 5.74) is 16.8. The van der Waals surface area contributed by atoms with Gasteiger partial charge in [-0.3, -0.25) is 19.4 Å². The van der Waals surface area contributed by atoms with E-state index in [1.165, 1.54) is 19.4 Å². The number of H-pyrrole nitrogens is 1. The summed E-state index contributed by atoms with van der Waals surface area (Å²) >= 11 is 0. The second-order valence-electron chi connectivity index (χ2n) is 6.74. The molecule has 0 bridgehead atoms. The van der Waals surface area contributed by atoms with Crippen LogP contribution in [0.25, 0.3) is 0 Å². The van der Waals surface area contributed by atoms with Crippen molar-refractivity contribution in [3.8, 4) is 0 Å². The van der Waals surface area contributed by atoms with Gasteiger partial charge in [0.25, 0.3) is 0 Å². The highest BCUT2D eigenvalue weighted by Crippen LogP contribution is 2.00. The van der Waals surface area contributed by atoms with Gasteiger partial charge in [-0.25, -0.2) is 9.78 Å². The Morgan fingerprint density at radius 1 is 1.23 bits per heavy atom. The van der Waals surface area contributed by atoms with Crippen molar-refractivity contribution in [1.29, 1.82) is 0 Å². The minimum Gasteiger partial charge on any atom is -0.480 e. The molecule has 1 rings (SSSR count). The molecule has 11 N–H and O–H groups in total. The predicted octanol–water partition coefficient (Wildman–Crippen LogP) is -3.48. The number of hydrogen-bond acceptors (Lipinski definition) is 7. The lowest BCUT2D eigenvalue weighted by molar-refractivity contribution is -0.142. The zero-order chi connectivity index (χ0) is 23.4. The summed E-state index contributed by atoms with van der Waals surface area (Å²) in [5, 5.41) is 16.3. The number of nitrogens with one attached hydrogen (secondary N) is 4. The van der Waals surface area contributed by atoms with Gasteiger partial charge in [0, 0.05) is 24.9 Å². The molecule has 14 nitrogen and oxygen atoms in total. The highest BCUT2D eigenvalue weighted by atomic mass is 16.4. The fraction of sp³-hybridized carbons (Fsp3) is 0.529. The number of aromatic nitrogens is 2. The molecule has 3 unspecified atom stereocenters. The monoisotopic (exact) mass is 439 g/mol. The lowest BCUT2D eigenvalue weighted by Gasteiger charge is -2.19. The molecule has 1 aromatic rings. The normalized spacial score (nSPS) is 13.4. The van der Waals surface area contributed by atoms with E-state index in [2.05, 4.69) is 30.9 Å². The average molecular weight is 439 g/mol. The molecule has 0 aliphatic rings. The van der Waals surface area contributed by atoms with Crippen LogP contribution in [0.2, 0.25) is 0 Å². The minimum absolute atomic E-state index is 0.1000. The molecule has 0 spiro atoms. The standard InChI is InChI=1S/C17H29N9O5/c1-9(14(28)26-12(16(30)31)3-2-4-22-17(19)20)25-13(27)7-23-15(29)11(18)5-10-6-21-8-24-10/h6,8-9,11-12H,2-5,7,18H2,1H3,(H,21,24)(H,23,29)(H,25,27)(H,26,28)(H,30,31)(H4,19,20,22). The van der Waals surface area contributed by atoms with Gasteiger partial charge in [-0.1, -0.05) is 0 Å². The molecule has 14 heteroatoms. The van der Waals surface area contributed by atoms with Crippen LogP contribution in [0.5, 0.6) is 0 Å². The van der Waals surface area contributed by atoms with Crippen molar-refractivity contribution in [1.82, 2.24) is 25.9 Å². The SMILES string of the molecule is CC(NC(=O)CNC(=O)C(N)Cc1cnc[nH]1)C(=O)NC(CCCN=C(N)N)C(=O)O. The van der Waals surface area contributed by atoms with E-state index in [1.54, 1.807) is 0 Å². The van der Waals surface area contributed by atoms with Gasteiger partial charge in [0.05, 0.1) is 18.9 Å². The van der Waals surface area contributed by atoms with E-state index in [9.17, 15) is 24.3 Å². The van der Waals surface area contributed by atoms with Gasteiger partial charge in [0.2, 0.25) is 17.7 Å². The molecule has 3 atom stereocenters. The predicted molar refractivity (Wildman–Crippen MR) is 110 cm³/mol. The van der Waals surface area contributed by atoms with Crippen molar-refractivity contribution in [2.45, 2.75) is 44.3 Å². The van der Waals surface area contributed by atoms with Crippen LogP contribution in [0.15, 0.2) is 17.5 Å². The number of carbonyl (C=O) groups is 4. The second kappa shape index (κ2) is 12.8. The zero-order valence-electron chi connectivity index (χ0n) is 17.1. The van der Waals surface area contributed by atoms with Crippen molar-refractivity contribution in [3.05, 3.63) is 18.2 Å². The first-order valence-electron chi connectivity index (χ1n) is 9.48. The van der Waals surface area contributed by atoms with Crippen LogP contribution in [0.4, 0.5) is 0 Å². The van der Waals surface area contributed by atoms with E-state index < -0.39 is 48.4 Å². The third-order valence-electron chi connectivity index (χ3n) is 4.09. The molecule has 0 radical (unpaired) electrons. The fourth-order valence-electron chi connectivity index (χ4n) is 2.44. The number of carbonyl (C=O) groups excluding carboxylic acids is 3.